The second kappa shape index (κ2) is 7.22. The van der Waals surface area contributed by atoms with Gasteiger partial charge in [0, 0.05) is 29.9 Å². The Morgan fingerprint density at radius 3 is 2.93 bits per heavy atom. The molecule has 1 saturated heterocycles. The molecular weight excluding hydrogens is 404 g/mol. The van der Waals surface area contributed by atoms with Gasteiger partial charge in [-0.2, -0.15) is 13.2 Å². The highest BCUT2D eigenvalue weighted by Crippen LogP contribution is 2.36. The van der Waals surface area contributed by atoms with Crippen molar-refractivity contribution in [1.82, 2.24) is 25.3 Å². The van der Waals surface area contributed by atoms with Crippen molar-refractivity contribution in [3.8, 4) is 11.4 Å². The molecule has 3 aromatic rings. The lowest BCUT2D eigenvalue weighted by Crippen LogP contribution is -2.55. The number of pyridine rings is 1. The van der Waals surface area contributed by atoms with Crippen LogP contribution in [0.15, 0.2) is 30.7 Å². The Morgan fingerprint density at radius 1 is 1.37 bits per heavy atom. The van der Waals surface area contributed by atoms with E-state index >= 15 is 0 Å². The normalized spacial score (nSPS) is 19.4. The number of rotatable bonds is 4. The molecule has 0 bridgehead atoms. The van der Waals surface area contributed by atoms with Crippen LogP contribution >= 0.6 is 0 Å². The minimum Gasteiger partial charge on any atom is -0.345 e. The van der Waals surface area contributed by atoms with Crippen molar-refractivity contribution in [2.45, 2.75) is 31.5 Å². The van der Waals surface area contributed by atoms with Crippen molar-refractivity contribution in [2.24, 2.45) is 0 Å². The number of halogens is 4. The van der Waals surface area contributed by atoms with E-state index in [9.17, 15) is 22.4 Å². The first kappa shape index (κ1) is 20.0. The van der Waals surface area contributed by atoms with Crippen molar-refractivity contribution < 1.29 is 22.4 Å². The zero-order valence-electron chi connectivity index (χ0n) is 15.9. The van der Waals surface area contributed by atoms with E-state index in [4.69, 9.17) is 0 Å². The molecule has 0 aliphatic carbocycles. The molecule has 158 valence electrons. The van der Waals surface area contributed by atoms with Crippen molar-refractivity contribution in [3.05, 3.63) is 36.5 Å². The smallest absolute Gasteiger partial charge is 0.345 e. The first-order valence-electron chi connectivity index (χ1n) is 9.27. The van der Waals surface area contributed by atoms with Gasteiger partial charge in [-0.1, -0.05) is 0 Å². The zero-order valence-corrected chi connectivity index (χ0v) is 15.9. The van der Waals surface area contributed by atoms with E-state index in [-0.39, 0.29) is 24.6 Å². The van der Waals surface area contributed by atoms with Crippen molar-refractivity contribution in [3.63, 3.8) is 0 Å². The molecule has 1 atom stereocenters. The fraction of sp³-hybridized carbons (Fsp3) is 0.368. The summed E-state index contributed by atoms with van der Waals surface area (Å²) in [6.07, 6.45) is 0.506. The second-order valence-corrected chi connectivity index (χ2v) is 7.29. The third-order valence-electron chi connectivity index (χ3n) is 5.25. The molecule has 1 aliphatic rings. The van der Waals surface area contributed by atoms with Crippen LogP contribution in [0.2, 0.25) is 0 Å². The minimum atomic E-state index is -4.54. The van der Waals surface area contributed by atoms with Gasteiger partial charge in [0.05, 0.1) is 6.20 Å². The van der Waals surface area contributed by atoms with Gasteiger partial charge in [-0.25, -0.2) is 19.3 Å². The molecule has 1 unspecified atom stereocenters. The number of nitrogens with one attached hydrogen (secondary N) is 2. The van der Waals surface area contributed by atoms with Crippen LogP contribution in [0.3, 0.4) is 0 Å². The van der Waals surface area contributed by atoms with Gasteiger partial charge in [0.15, 0.2) is 17.5 Å². The summed E-state index contributed by atoms with van der Waals surface area (Å²) in [5, 5.41) is 2.64. The van der Waals surface area contributed by atoms with E-state index in [1.165, 1.54) is 11.8 Å². The van der Waals surface area contributed by atoms with E-state index in [2.05, 4.69) is 19.9 Å². The van der Waals surface area contributed by atoms with Gasteiger partial charge >= 0.3 is 6.18 Å². The van der Waals surface area contributed by atoms with E-state index in [0.717, 1.165) is 11.6 Å². The SMILES string of the molecule is CC1(C(=O)NCC(F)(F)F)CCCN1c1nc(-c2c[nH]c3ncccc23)ncc1F. The molecule has 7 nitrogen and oxygen atoms in total. The number of aromatic amines is 1. The third-order valence-corrected chi connectivity index (χ3v) is 5.25. The molecule has 1 amide bonds. The Morgan fingerprint density at radius 2 is 2.17 bits per heavy atom. The Hall–Kier alpha value is -3.24. The van der Waals surface area contributed by atoms with E-state index < -0.39 is 30.0 Å². The fourth-order valence-corrected chi connectivity index (χ4v) is 3.73. The van der Waals surface area contributed by atoms with Crippen LogP contribution < -0.4 is 10.2 Å². The molecule has 2 N–H and O–H groups in total. The summed E-state index contributed by atoms with van der Waals surface area (Å²) in [6, 6.07) is 3.55. The first-order chi connectivity index (χ1) is 14.2. The van der Waals surface area contributed by atoms with E-state index in [0.29, 0.717) is 17.6 Å². The maximum atomic E-state index is 14.7. The van der Waals surface area contributed by atoms with E-state index in [1.54, 1.807) is 18.5 Å². The van der Waals surface area contributed by atoms with Crippen LogP contribution in [0, 0.1) is 5.82 Å². The van der Waals surface area contributed by atoms with Crippen LogP contribution in [0.4, 0.5) is 23.4 Å². The summed E-state index contributed by atoms with van der Waals surface area (Å²) in [5.74, 6) is -1.49. The molecule has 0 radical (unpaired) electrons. The van der Waals surface area contributed by atoms with Gasteiger partial charge in [0.1, 0.15) is 17.7 Å². The van der Waals surface area contributed by atoms with Gasteiger partial charge in [0.25, 0.3) is 0 Å². The Labute approximate surface area is 168 Å². The number of carbonyl (C=O) groups excluding carboxylic acids is 1. The van der Waals surface area contributed by atoms with Crippen molar-refractivity contribution in [2.75, 3.05) is 18.0 Å². The molecule has 4 rings (SSSR count). The van der Waals surface area contributed by atoms with Gasteiger partial charge in [0.2, 0.25) is 5.91 Å². The summed E-state index contributed by atoms with van der Waals surface area (Å²) in [6.45, 7) is 0.316. The van der Waals surface area contributed by atoms with Crippen LogP contribution in [-0.4, -0.2) is 50.6 Å². The second-order valence-electron chi connectivity index (χ2n) is 7.29. The van der Waals surface area contributed by atoms with Gasteiger partial charge < -0.3 is 15.2 Å². The van der Waals surface area contributed by atoms with Crippen LogP contribution in [0.5, 0.6) is 0 Å². The lowest BCUT2D eigenvalue weighted by molar-refractivity contribution is -0.141. The molecule has 0 saturated carbocycles. The third kappa shape index (κ3) is 3.55. The number of nitrogens with zero attached hydrogens (tertiary/aromatic N) is 4. The predicted octanol–water partition coefficient (Wildman–Crippen LogP) is 3.20. The van der Waals surface area contributed by atoms with Crippen LogP contribution in [-0.2, 0) is 4.79 Å². The van der Waals surface area contributed by atoms with Crippen LogP contribution in [0.25, 0.3) is 22.4 Å². The molecule has 11 heteroatoms. The Balaban J connectivity index is 1.69. The number of anilines is 1. The summed E-state index contributed by atoms with van der Waals surface area (Å²) < 4.78 is 52.3. The predicted molar refractivity (Wildman–Crippen MR) is 101 cm³/mol. The fourth-order valence-electron chi connectivity index (χ4n) is 3.73. The summed E-state index contributed by atoms with van der Waals surface area (Å²) in [4.78, 5) is 29.5. The Bertz CT molecular complexity index is 1100. The molecule has 1 aliphatic heterocycles. The monoisotopic (exact) mass is 422 g/mol. The quantitative estimate of drug-likeness (QED) is 0.631. The number of hydrogen-bond donors (Lipinski definition) is 2. The molecule has 1 fully saturated rings. The highest BCUT2D eigenvalue weighted by Gasteiger charge is 2.46. The molecule has 3 aromatic heterocycles. The van der Waals surface area contributed by atoms with Gasteiger partial charge in [-0.05, 0) is 31.9 Å². The maximum Gasteiger partial charge on any atom is 0.405 e. The number of aromatic nitrogens is 4. The Kier molecular flexibility index (Phi) is 4.83. The van der Waals surface area contributed by atoms with Crippen molar-refractivity contribution in [1.29, 1.82) is 0 Å². The maximum absolute atomic E-state index is 14.7. The van der Waals surface area contributed by atoms with Crippen molar-refractivity contribution >= 4 is 22.8 Å². The average Bonchev–Trinajstić information content (AvgIpc) is 3.30. The molecule has 30 heavy (non-hydrogen) atoms. The summed E-state index contributed by atoms with van der Waals surface area (Å²) >= 11 is 0. The number of carbonyl (C=O) groups is 1. The van der Waals surface area contributed by atoms with Gasteiger partial charge in [-0.15, -0.1) is 0 Å². The largest absolute Gasteiger partial charge is 0.405 e. The molecule has 0 aromatic carbocycles. The summed E-state index contributed by atoms with van der Waals surface area (Å²) in [7, 11) is 0. The molecule has 4 heterocycles. The number of amides is 1. The molecule has 0 spiro atoms. The first-order valence-corrected chi connectivity index (χ1v) is 9.27. The van der Waals surface area contributed by atoms with Crippen LogP contribution in [0.1, 0.15) is 19.8 Å². The number of H-pyrrole nitrogens is 1. The molecular formula is C19H18F4N6O. The minimum absolute atomic E-state index is 0.125. The zero-order chi connectivity index (χ0) is 21.5. The highest BCUT2D eigenvalue weighted by molar-refractivity contribution is 5.92. The topological polar surface area (TPSA) is 86.8 Å². The number of alkyl halides is 3. The lowest BCUT2D eigenvalue weighted by Gasteiger charge is -2.35. The highest BCUT2D eigenvalue weighted by atomic mass is 19.4. The lowest BCUT2D eigenvalue weighted by atomic mass is 9.97. The number of fused-ring (bicyclic) bond motifs is 1. The average molecular weight is 422 g/mol. The van der Waals surface area contributed by atoms with E-state index in [1.807, 2.05) is 11.4 Å². The standard InChI is InChI=1S/C19H18F4N6O/c1-18(17(30)27-10-19(21,22)23)5-3-7-29(18)16-13(20)9-26-15(28-16)12-8-25-14-11(12)4-2-6-24-14/h2,4,6,8-9H,3,5,7,10H2,1H3,(H,24,25)(H,27,30). The summed E-state index contributed by atoms with van der Waals surface area (Å²) in [5.41, 5.74) is -0.152. The number of hydrogen-bond acceptors (Lipinski definition) is 5. The van der Waals surface area contributed by atoms with Gasteiger partial charge in [-0.3, -0.25) is 4.79 Å².